The van der Waals surface area contributed by atoms with E-state index < -0.39 is 31.8 Å². The van der Waals surface area contributed by atoms with E-state index in [4.69, 9.17) is 0 Å². The Hall–Kier alpha value is -2.03. The van der Waals surface area contributed by atoms with Crippen LogP contribution in [0.2, 0.25) is 0 Å². The largest absolute Gasteiger partial charge is 0.870 e. The zero-order chi connectivity index (χ0) is 12.5. The smallest absolute Gasteiger partial charge is 0.286 e. The van der Waals surface area contributed by atoms with Crippen molar-refractivity contribution in [1.29, 1.82) is 0 Å². The van der Waals surface area contributed by atoms with Crippen molar-refractivity contribution in [2.24, 2.45) is 0 Å². The minimum atomic E-state index is -0.917. The number of rotatable bonds is 3. The Morgan fingerprint density at radius 3 is 1.24 bits per heavy atom. The molecule has 13 nitrogen and oxygen atoms in total. The van der Waals surface area contributed by atoms with E-state index in [1.54, 1.807) is 0 Å². The summed E-state index contributed by atoms with van der Waals surface area (Å²) >= 11 is 0. The van der Waals surface area contributed by atoms with Crippen molar-refractivity contribution in [1.82, 2.24) is 0 Å². The first-order chi connectivity index (χ1) is 7.34. The molecular weight excluding hydrogens is 334 g/mol. The van der Waals surface area contributed by atoms with Crippen molar-refractivity contribution in [2.45, 2.75) is 6.92 Å². The minimum Gasteiger partial charge on any atom is -0.870 e. The Morgan fingerprint density at radius 1 is 0.762 bits per heavy atom. The maximum Gasteiger partial charge on any atom is 0.286 e. The van der Waals surface area contributed by atoms with Crippen LogP contribution >= 0.6 is 0 Å². The molecule has 0 heterocycles. The van der Waals surface area contributed by atoms with Crippen molar-refractivity contribution >= 4 is 17.1 Å². The van der Waals surface area contributed by atoms with Crippen LogP contribution in [0.3, 0.4) is 0 Å². The third-order valence-electron chi connectivity index (χ3n) is 1.94. The van der Waals surface area contributed by atoms with Crippen molar-refractivity contribution < 1.29 is 58.4 Å². The van der Waals surface area contributed by atoms with Crippen molar-refractivity contribution in [2.75, 3.05) is 0 Å². The summed E-state index contributed by atoms with van der Waals surface area (Å²) < 4.78 is 0. The second-order valence-corrected chi connectivity index (χ2v) is 2.88. The summed E-state index contributed by atoms with van der Waals surface area (Å²) in [6.45, 7) is 1.17. The maximum atomic E-state index is 10.5. The Bertz CT molecular complexity index is 472. The molecule has 0 bridgehead atoms. The third kappa shape index (κ3) is 6.80. The summed E-state index contributed by atoms with van der Waals surface area (Å²) in [5.74, 6) is 0. The van der Waals surface area contributed by atoms with Crippen LogP contribution in [-0.2, 0) is 21.7 Å². The van der Waals surface area contributed by atoms with Gasteiger partial charge in [0.15, 0.2) is 0 Å². The van der Waals surface area contributed by atoms with Crippen molar-refractivity contribution in [3.05, 3.63) is 48.0 Å². The van der Waals surface area contributed by atoms with Crippen LogP contribution in [0.15, 0.2) is 12.1 Å². The summed E-state index contributed by atoms with van der Waals surface area (Å²) in [5, 5.41) is 31.5. The average molecular weight is 343 g/mol. The van der Waals surface area contributed by atoms with Gasteiger partial charge in [0.2, 0.25) is 0 Å². The maximum absolute atomic E-state index is 10.5. The summed E-state index contributed by atoms with van der Waals surface area (Å²) in [7, 11) is 0. The molecule has 0 aliphatic heterocycles. The van der Waals surface area contributed by atoms with E-state index >= 15 is 0 Å². The molecule has 0 aliphatic rings. The Kier molecular flexibility index (Phi) is 17.6. The molecule has 0 saturated heterocycles. The van der Waals surface area contributed by atoms with Gasteiger partial charge in [-0.2, -0.15) is 0 Å². The summed E-state index contributed by atoms with van der Waals surface area (Å²) in [5.41, 5.74) is -2.16. The standard InChI is InChI=1S/C7H5N3O6.4H2O.Ti/c1-4-6(9(13)14)2-5(8(11)12)3-7(4)10(15)16;;;;;/h2-3H,1H3;4*1H2;/p-4. The van der Waals surface area contributed by atoms with E-state index in [1.165, 1.54) is 6.92 Å². The van der Waals surface area contributed by atoms with E-state index in [1.807, 2.05) is 0 Å². The second-order valence-electron chi connectivity index (χ2n) is 2.88. The van der Waals surface area contributed by atoms with Gasteiger partial charge in [-0.05, 0) is 6.92 Å². The SMILES string of the molecule is Cc1c([N+](=O)[O-])cc([N+](=O)[O-])cc1[N+](=O)[O-].[OH-].[OH-].[OH-].[OH-].[Ti]. The number of hydrogen-bond donors (Lipinski definition) is 0. The molecule has 21 heavy (non-hydrogen) atoms. The number of non-ortho nitro benzene ring substituents is 1. The quantitative estimate of drug-likeness (QED) is 0.427. The summed E-state index contributed by atoms with van der Waals surface area (Å²) in [6, 6.07) is 1.39. The predicted molar refractivity (Wildman–Crippen MR) is 58.9 cm³/mol. The van der Waals surface area contributed by atoms with E-state index in [-0.39, 0.29) is 49.2 Å². The van der Waals surface area contributed by atoms with Crippen LogP contribution in [0, 0.1) is 37.3 Å². The topological polar surface area (TPSA) is 249 Å². The number of nitro groups is 3. The van der Waals surface area contributed by atoms with Gasteiger partial charge in [0.25, 0.3) is 17.1 Å². The molecule has 0 unspecified atom stereocenters. The van der Waals surface area contributed by atoms with Gasteiger partial charge in [0.1, 0.15) is 5.56 Å². The van der Waals surface area contributed by atoms with E-state index in [2.05, 4.69) is 0 Å². The molecule has 0 atom stereocenters. The third-order valence-corrected chi connectivity index (χ3v) is 1.94. The fourth-order valence-corrected chi connectivity index (χ4v) is 1.15. The summed E-state index contributed by atoms with van der Waals surface area (Å²) in [4.78, 5) is 28.8. The molecule has 14 heteroatoms. The molecule has 0 spiro atoms. The second kappa shape index (κ2) is 11.8. The van der Waals surface area contributed by atoms with Gasteiger partial charge < -0.3 is 21.9 Å². The molecule has 0 saturated carbocycles. The molecule has 4 N–H and O–H groups in total. The average Bonchev–Trinajstić information content (AvgIpc) is 2.16. The van der Waals surface area contributed by atoms with Crippen LogP contribution in [0.1, 0.15) is 5.56 Å². The van der Waals surface area contributed by atoms with Gasteiger partial charge in [-0.3, -0.25) is 30.3 Å². The first-order valence-electron chi connectivity index (χ1n) is 3.92. The number of benzene rings is 1. The summed E-state index contributed by atoms with van der Waals surface area (Å²) in [6.07, 6.45) is 0. The fraction of sp³-hybridized carbons (Fsp3) is 0.143. The number of hydrogen-bond acceptors (Lipinski definition) is 10. The zero-order valence-electron chi connectivity index (χ0n) is 10.2. The molecule has 0 fully saturated rings. The molecule has 120 valence electrons. The molecule has 0 aromatic heterocycles. The number of nitro benzene ring substituents is 3. The van der Waals surface area contributed by atoms with Crippen molar-refractivity contribution in [3.8, 4) is 0 Å². The molecule has 0 radical (unpaired) electrons. The van der Waals surface area contributed by atoms with Crippen LogP contribution in [0.4, 0.5) is 17.1 Å². The first-order valence-corrected chi connectivity index (χ1v) is 3.92. The van der Waals surface area contributed by atoms with Gasteiger partial charge in [-0.25, -0.2) is 0 Å². The van der Waals surface area contributed by atoms with Gasteiger partial charge in [0.05, 0.1) is 26.9 Å². The Balaban J connectivity index is -0.000000171. The Morgan fingerprint density at radius 2 is 1.05 bits per heavy atom. The zero-order valence-corrected chi connectivity index (χ0v) is 11.8. The molecule has 1 rings (SSSR count). The van der Waals surface area contributed by atoms with Gasteiger partial charge in [-0.1, -0.05) is 0 Å². The monoisotopic (exact) mass is 343 g/mol. The fourth-order valence-electron chi connectivity index (χ4n) is 1.15. The number of nitrogens with zero attached hydrogens (tertiary/aromatic N) is 3. The van der Waals surface area contributed by atoms with E-state index in [0.717, 1.165) is 0 Å². The van der Waals surface area contributed by atoms with Crippen LogP contribution < -0.4 is 0 Å². The van der Waals surface area contributed by atoms with Crippen LogP contribution in [-0.4, -0.2) is 36.7 Å². The van der Waals surface area contributed by atoms with Crippen LogP contribution in [0.5, 0.6) is 0 Å². The molecule has 1 aromatic rings. The first kappa shape index (κ1) is 31.4. The molecular formula is C7H9N3O10Ti-4. The van der Waals surface area contributed by atoms with E-state index in [9.17, 15) is 30.3 Å². The molecule has 0 amide bonds. The van der Waals surface area contributed by atoms with E-state index in [0.29, 0.717) is 12.1 Å². The molecule has 1 aromatic carbocycles. The van der Waals surface area contributed by atoms with Gasteiger partial charge in [-0.15, -0.1) is 0 Å². The van der Waals surface area contributed by atoms with Crippen LogP contribution in [0.25, 0.3) is 0 Å². The predicted octanol–water partition coefficient (Wildman–Crippen LogP) is 1.01. The van der Waals surface area contributed by atoms with Gasteiger partial charge >= 0.3 is 0 Å². The molecule has 0 aliphatic carbocycles. The minimum absolute atomic E-state index is 0. The Labute approximate surface area is 131 Å². The normalized spacial score (nSPS) is 7.48. The van der Waals surface area contributed by atoms with Crippen molar-refractivity contribution in [3.63, 3.8) is 0 Å². The van der Waals surface area contributed by atoms with Gasteiger partial charge in [0, 0.05) is 21.7 Å².